The van der Waals surface area contributed by atoms with Crippen molar-refractivity contribution in [3.63, 3.8) is 0 Å². The molecule has 0 saturated heterocycles. The van der Waals surface area contributed by atoms with Gasteiger partial charge in [-0.25, -0.2) is 13.6 Å². The summed E-state index contributed by atoms with van der Waals surface area (Å²) < 4.78 is 21.9. The minimum Gasteiger partial charge on any atom is -0.412 e. The second-order valence-corrected chi connectivity index (χ2v) is 5.83. The molecule has 0 unspecified atom stereocenters. The Balaban J connectivity index is 0.00000200. The Morgan fingerprint density at radius 1 is 1.10 bits per heavy atom. The molecule has 1 aromatic heterocycles. The van der Waals surface area contributed by atoms with Crippen molar-refractivity contribution in [1.29, 1.82) is 0 Å². The number of nitrogens with two attached hydrogens (primary N) is 1. The van der Waals surface area contributed by atoms with Crippen LogP contribution in [0.1, 0.15) is 11.1 Å². The van der Waals surface area contributed by atoms with Gasteiger partial charge in [-0.05, 0) is 29.3 Å². The molecule has 0 bridgehead atoms. The third-order valence-electron chi connectivity index (χ3n) is 2.54. The van der Waals surface area contributed by atoms with Crippen LogP contribution >= 0.6 is 0 Å². The van der Waals surface area contributed by atoms with E-state index in [0.717, 1.165) is 11.3 Å². The minimum atomic E-state index is -3.47. The van der Waals surface area contributed by atoms with Crippen molar-refractivity contribution >= 4 is 15.7 Å². The molecule has 20 heavy (non-hydrogen) atoms. The summed E-state index contributed by atoms with van der Waals surface area (Å²) in [6.45, 7) is 0.669. The number of hydrogen-bond donors (Lipinski definition) is 2. The zero-order valence-electron chi connectivity index (χ0n) is 10.8. The van der Waals surface area contributed by atoms with Gasteiger partial charge in [-0.2, -0.15) is 0 Å². The molecule has 6 nitrogen and oxygen atoms in total. The zero-order valence-corrected chi connectivity index (χ0v) is 11.6. The monoisotopic (exact) mass is 295 g/mol. The summed E-state index contributed by atoms with van der Waals surface area (Å²) >= 11 is 0. The second kappa shape index (κ2) is 6.99. The number of pyridine rings is 1. The summed E-state index contributed by atoms with van der Waals surface area (Å²) in [5, 5.41) is 8.22. The molecule has 0 radical (unpaired) electrons. The van der Waals surface area contributed by atoms with Gasteiger partial charge in [0.2, 0.25) is 10.0 Å². The zero-order chi connectivity index (χ0) is 13.7. The van der Waals surface area contributed by atoms with Gasteiger partial charge in [0.05, 0.1) is 5.75 Å². The molecule has 0 aliphatic heterocycles. The van der Waals surface area contributed by atoms with Crippen LogP contribution in [0.2, 0.25) is 0 Å². The molecular weight excluding hydrogens is 278 g/mol. The van der Waals surface area contributed by atoms with Gasteiger partial charge >= 0.3 is 0 Å². The van der Waals surface area contributed by atoms with E-state index in [1.807, 2.05) is 24.3 Å². The highest BCUT2D eigenvalue weighted by atomic mass is 32.2. The number of rotatable bonds is 5. The molecule has 0 spiro atoms. The molecule has 2 rings (SSSR count). The molecule has 108 valence electrons. The van der Waals surface area contributed by atoms with Crippen molar-refractivity contribution in [2.24, 2.45) is 5.14 Å². The van der Waals surface area contributed by atoms with E-state index in [1.54, 1.807) is 24.5 Å². The Bertz CT molecular complexity index is 628. The molecule has 1 heterocycles. The lowest BCUT2D eigenvalue weighted by Crippen LogP contribution is -2.14. The van der Waals surface area contributed by atoms with E-state index in [4.69, 9.17) is 5.14 Å². The van der Waals surface area contributed by atoms with Crippen molar-refractivity contribution in [3.8, 4) is 0 Å². The number of nitrogens with one attached hydrogen (secondary N) is 1. The van der Waals surface area contributed by atoms with E-state index in [9.17, 15) is 8.42 Å². The Labute approximate surface area is 118 Å². The molecule has 0 aliphatic rings. The van der Waals surface area contributed by atoms with E-state index >= 15 is 0 Å². The summed E-state index contributed by atoms with van der Waals surface area (Å²) in [5.74, 6) is -0.143. The molecule has 0 saturated carbocycles. The topological polar surface area (TPSA) is 117 Å². The number of nitrogens with zero attached hydrogens (tertiary/aromatic N) is 1. The quantitative estimate of drug-likeness (QED) is 0.842. The van der Waals surface area contributed by atoms with Crippen molar-refractivity contribution in [2.45, 2.75) is 12.3 Å². The summed E-state index contributed by atoms with van der Waals surface area (Å²) in [4.78, 5) is 4.03. The van der Waals surface area contributed by atoms with Gasteiger partial charge in [-0.1, -0.05) is 18.2 Å². The maximum absolute atomic E-state index is 11.0. The van der Waals surface area contributed by atoms with Gasteiger partial charge in [-0.3, -0.25) is 4.98 Å². The normalized spacial score (nSPS) is 10.7. The largest absolute Gasteiger partial charge is 0.412 e. The van der Waals surface area contributed by atoms with Gasteiger partial charge in [0.25, 0.3) is 0 Å². The van der Waals surface area contributed by atoms with E-state index in [1.165, 1.54) is 0 Å². The first-order valence-corrected chi connectivity index (χ1v) is 7.47. The third-order valence-corrected chi connectivity index (χ3v) is 3.28. The highest BCUT2D eigenvalue weighted by molar-refractivity contribution is 7.88. The number of primary sulfonamides is 1. The first-order chi connectivity index (χ1) is 9.03. The standard InChI is InChI=1S/C13H15N3O2S.H2O/c14-19(17,18)10-11-3-5-13(6-4-11)16-9-12-2-1-7-15-8-12;/h1-8,16H,9-10H2,(H2,14,17,18);1H2. The van der Waals surface area contributed by atoms with Gasteiger partial charge in [0, 0.05) is 24.6 Å². The number of hydrogen-bond acceptors (Lipinski definition) is 4. The molecule has 0 amide bonds. The van der Waals surface area contributed by atoms with Crippen LogP contribution in [0.3, 0.4) is 0 Å². The smallest absolute Gasteiger partial charge is 0.213 e. The van der Waals surface area contributed by atoms with Crippen molar-refractivity contribution in [1.82, 2.24) is 4.98 Å². The second-order valence-electron chi connectivity index (χ2n) is 4.22. The Morgan fingerprint density at radius 2 is 1.80 bits per heavy atom. The molecule has 5 N–H and O–H groups in total. The average Bonchev–Trinajstić information content (AvgIpc) is 2.37. The fourth-order valence-corrected chi connectivity index (χ4v) is 2.32. The number of aromatic nitrogens is 1. The van der Waals surface area contributed by atoms with E-state index in [2.05, 4.69) is 10.3 Å². The van der Waals surface area contributed by atoms with Crippen LogP contribution in [0.25, 0.3) is 0 Å². The maximum Gasteiger partial charge on any atom is 0.213 e. The van der Waals surface area contributed by atoms with Crippen molar-refractivity contribution in [2.75, 3.05) is 5.32 Å². The molecule has 0 fully saturated rings. The van der Waals surface area contributed by atoms with E-state index in [-0.39, 0.29) is 11.2 Å². The first-order valence-electron chi connectivity index (χ1n) is 5.75. The van der Waals surface area contributed by atoms with Crippen molar-refractivity contribution in [3.05, 3.63) is 59.9 Å². The molecule has 0 aliphatic carbocycles. The third kappa shape index (κ3) is 5.35. The lowest BCUT2D eigenvalue weighted by molar-refractivity contribution is 0.597. The van der Waals surface area contributed by atoms with Gasteiger partial charge in [0.15, 0.2) is 0 Å². The highest BCUT2D eigenvalue weighted by Crippen LogP contribution is 2.12. The predicted octanol–water partition coefficient (Wildman–Crippen LogP) is 0.657. The van der Waals surface area contributed by atoms with Crippen LogP contribution in [0.5, 0.6) is 0 Å². The molecule has 2 aromatic rings. The number of benzene rings is 1. The van der Waals surface area contributed by atoms with Gasteiger partial charge in [-0.15, -0.1) is 0 Å². The fourth-order valence-electron chi connectivity index (χ4n) is 1.66. The predicted molar refractivity (Wildman–Crippen MR) is 78.4 cm³/mol. The van der Waals surface area contributed by atoms with Gasteiger partial charge in [0.1, 0.15) is 0 Å². The molecule has 1 aromatic carbocycles. The molecule has 7 heteroatoms. The Morgan fingerprint density at radius 3 is 2.35 bits per heavy atom. The fraction of sp³-hybridized carbons (Fsp3) is 0.154. The molecule has 0 atom stereocenters. The maximum atomic E-state index is 11.0. The minimum absolute atomic E-state index is 0. The lowest BCUT2D eigenvalue weighted by atomic mass is 10.2. The average molecular weight is 295 g/mol. The Hall–Kier alpha value is -1.96. The van der Waals surface area contributed by atoms with Crippen LogP contribution in [-0.4, -0.2) is 18.9 Å². The van der Waals surface area contributed by atoms with Crippen LogP contribution in [-0.2, 0) is 22.3 Å². The van der Waals surface area contributed by atoms with E-state index < -0.39 is 10.0 Å². The summed E-state index contributed by atoms with van der Waals surface area (Å²) in [6.07, 6.45) is 3.52. The van der Waals surface area contributed by atoms with E-state index in [0.29, 0.717) is 12.1 Å². The number of anilines is 1. The highest BCUT2D eigenvalue weighted by Gasteiger charge is 2.04. The molecular formula is C13H17N3O3S. The number of sulfonamides is 1. The van der Waals surface area contributed by atoms with Crippen LogP contribution in [0.4, 0.5) is 5.69 Å². The van der Waals surface area contributed by atoms with Crippen molar-refractivity contribution < 1.29 is 13.9 Å². The van der Waals surface area contributed by atoms with Crippen LogP contribution in [0, 0.1) is 0 Å². The lowest BCUT2D eigenvalue weighted by Gasteiger charge is -2.07. The SMILES string of the molecule is NS(=O)(=O)Cc1ccc(NCc2cccnc2)cc1.O. The van der Waals surface area contributed by atoms with Crippen LogP contribution < -0.4 is 10.5 Å². The Kier molecular flexibility index (Phi) is 5.63. The summed E-state index contributed by atoms with van der Waals surface area (Å²) in [6, 6.07) is 11.0. The summed E-state index contributed by atoms with van der Waals surface area (Å²) in [7, 11) is -3.47. The van der Waals surface area contributed by atoms with Crippen LogP contribution in [0.15, 0.2) is 48.8 Å². The first kappa shape index (κ1) is 16.1. The summed E-state index contributed by atoms with van der Waals surface area (Å²) in [5.41, 5.74) is 2.67. The van der Waals surface area contributed by atoms with Gasteiger partial charge < -0.3 is 10.8 Å².